The largest absolute Gasteiger partial charge is 0.545 e. The SMILES string of the molecule is C[C@@H](C1=C(C(=O)[O-])[C@H](c2ccc(C#N)cc2Cl)N=C(c2nccs2)N1)N1CC(F)(F)CC1C(=O)O. The molecule has 35 heavy (non-hydrogen) atoms. The van der Waals surface area contributed by atoms with E-state index in [2.05, 4.69) is 15.3 Å². The lowest BCUT2D eigenvalue weighted by Gasteiger charge is -2.36. The molecule has 0 saturated carbocycles. The summed E-state index contributed by atoms with van der Waals surface area (Å²) in [5.41, 5.74) is 0.0444. The number of carbonyl (C=O) groups excluding carboxylic acids is 1. The molecule has 1 unspecified atom stereocenters. The zero-order chi connectivity index (χ0) is 25.5. The number of aliphatic carboxylic acids is 2. The van der Waals surface area contributed by atoms with Gasteiger partial charge in [0.15, 0.2) is 10.8 Å². The van der Waals surface area contributed by atoms with E-state index in [0.29, 0.717) is 5.01 Å². The predicted octanol–water partition coefficient (Wildman–Crippen LogP) is 1.95. The molecule has 1 saturated heterocycles. The number of nitrogens with one attached hydrogen (secondary N) is 1. The number of halogens is 3. The van der Waals surface area contributed by atoms with E-state index in [0.717, 1.165) is 4.90 Å². The normalized spacial score (nSPS) is 22.8. The third-order valence-electron chi connectivity index (χ3n) is 5.86. The van der Waals surface area contributed by atoms with Crippen LogP contribution < -0.4 is 10.4 Å². The van der Waals surface area contributed by atoms with E-state index in [-0.39, 0.29) is 33.3 Å². The van der Waals surface area contributed by atoms with Crippen molar-refractivity contribution in [3.8, 4) is 6.07 Å². The van der Waals surface area contributed by atoms with Crippen LogP contribution in [0.3, 0.4) is 0 Å². The van der Waals surface area contributed by atoms with Gasteiger partial charge in [0.2, 0.25) is 0 Å². The van der Waals surface area contributed by atoms with Gasteiger partial charge in [0.1, 0.15) is 12.1 Å². The molecule has 0 aliphatic carbocycles. The van der Waals surface area contributed by atoms with E-state index >= 15 is 0 Å². The van der Waals surface area contributed by atoms with Crippen molar-refractivity contribution in [2.45, 2.75) is 37.4 Å². The van der Waals surface area contributed by atoms with Gasteiger partial charge in [-0.05, 0) is 24.6 Å². The summed E-state index contributed by atoms with van der Waals surface area (Å²) in [5, 5.41) is 36.1. The maximum atomic E-state index is 14.2. The van der Waals surface area contributed by atoms with Crippen molar-refractivity contribution < 1.29 is 28.6 Å². The summed E-state index contributed by atoms with van der Waals surface area (Å²) in [6.45, 7) is 0.563. The number of nitrogens with zero attached hydrogens (tertiary/aromatic N) is 4. The number of thiazole rings is 1. The second-order valence-corrected chi connectivity index (χ2v) is 9.37. The lowest BCUT2D eigenvalue weighted by atomic mass is 9.92. The number of benzene rings is 1. The number of aliphatic imine (C=N–C) groups is 1. The number of carboxylic acid groups (broad SMARTS) is 2. The molecule has 0 amide bonds. The average molecular weight is 521 g/mol. The molecule has 1 fully saturated rings. The Balaban J connectivity index is 1.88. The number of carbonyl (C=O) groups is 2. The number of amidine groups is 1. The molecule has 9 nitrogen and oxygen atoms in total. The lowest BCUT2D eigenvalue weighted by molar-refractivity contribution is -0.299. The first-order valence-corrected chi connectivity index (χ1v) is 11.5. The molecule has 182 valence electrons. The maximum absolute atomic E-state index is 14.2. The van der Waals surface area contributed by atoms with Gasteiger partial charge >= 0.3 is 5.97 Å². The molecule has 4 rings (SSSR count). The highest BCUT2D eigenvalue weighted by Gasteiger charge is 2.51. The number of nitriles is 1. The summed E-state index contributed by atoms with van der Waals surface area (Å²) in [6, 6.07) is 2.33. The third kappa shape index (κ3) is 4.75. The Hall–Kier alpha value is -3.40. The van der Waals surface area contributed by atoms with Crippen LogP contribution in [-0.4, -0.2) is 57.3 Å². The van der Waals surface area contributed by atoms with Crippen LogP contribution in [0.1, 0.15) is 35.5 Å². The monoisotopic (exact) mass is 520 g/mol. The summed E-state index contributed by atoms with van der Waals surface area (Å²) in [4.78, 5) is 33.8. The smallest absolute Gasteiger partial charge is 0.321 e. The van der Waals surface area contributed by atoms with Gasteiger partial charge in [0.05, 0.1) is 24.1 Å². The Kier molecular flexibility index (Phi) is 6.59. The molecule has 1 aromatic heterocycles. The molecule has 2 aromatic rings. The highest BCUT2D eigenvalue weighted by molar-refractivity contribution is 7.11. The fourth-order valence-electron chi connectivity index (χ4n) is 4.26. The molecule has 1 aromatic carbocycles. The standard InChI is InChI=1S/C22H18ClF2N5O4S/c1-10(30-9-22(24,25)7-14(30)20(31)32)16-15(21(33)34)17(12-3-2-11(8-26)6-13(12)23)29-18(28-16)19-27-4-5-35-19/h2-6,10,14,17H,7,9H2,1H3,(H,28,29)(H,31,32)(H,33,34)/p-1/t10-,14?,17-/m0/s1. The van der Waals surface area contributed by atoms with Gasteiger partial charge in [-0.25, -0.2) is 13.8 Å². The first-order valence-electron chi connectivity index (χ1n) is 10.3. The van der Waals surface area contributed by atoms with E-state index < -0.39 is 49.0 Å². The Morgan fingerprint density at radius 2 is 2.20 bits per heavy atom. The van der Waals surface area contributed by atoms with Crippen LogP contribution in [0.25, 0.3) is 0 Å². The van der Waals surface area contributed by atoms with Gasteiger partial charge in [-0.1, -0.05) is 17.7 Å². The van der Waals surface area contributed by atoms with Gasteiger partial charge in [0.25, 0.3) is 5.92 Å². The summed E-state index contributed by atoms with van der Waals surface area (Å²) in [5.74, 6) is -6.18. The molecular weight excluding hydrogens is 504 g/mol. The van der Waals surface area contributed by atoms with Crippen LogP contribution in [0.5, 0.6) is 0 Å². The van der Waals surface area contributed by atoms with Crippen LogP contribution >= 0.6 is 22.9 Å². The Labute approximate surface area is 207 Å². The molecule has 3 heterocycles. The van der Waals surface area contributed by atoms with Crippen molar-refractivity contribution >= 4 is 40.7 Å². The average Bonchev–Trinajstić information content (AvgIpc) is 3.45. The number of alkyl halides is 2. The summed E-state index contributed by atoms with van der Waals surface area (Å²) >= 11 is 7.57. The van der Waals surface area contributed by atoms with Crippen LogP contribution in [-0.2, 0) is 9.59 Å². The van der Waals surface area contributed by atoms with Crippen molar-refractivity contribution in [2.75, 3.05) is 6.54 Å². The number of carboxylic acids is 2. The van der Waals surface area contributed by atoms with Crippen molar-refractivity contribution in [1.29, 1.82) is 5.26 Å². The summed E-state index contributed by atoms with van der Waals surface area (Å²) in [6.07, 6.45) is 0.607. The highest BCUT2D eigenvalue weighted by Crippen LogP contribution is 2.40. The molecular formula is C22H17ClF2N5O4S-. The molecule has 0 spiro atoms. The minimum atomic E-state index is -3.27. The summed E-state index contributed by atoms with van der Waals surface area (Å²) in [7, 11) is 0. The Bertz CT molecular complexity index is 1290. The van der Waals surface area contributed by atoms with E-state index in [1.54, 1.807) is 5.38 Å². The van der Waals surface area contributed by atoms with Gasteiger partial charge in [-0.3, -0.25) is 14.7 Å². The molecule has 0 radical (unpaired) electrons. The zero-order valence-electron chi connectivity index (χ0n) is 18.0. The molecule has 2 N–H and O–H groups in total. The first-order chi connectivity index (χ1) is 16.5. The van der Waals surface area contributed by atoms with Crippen molar-refractivity contribution in [3.05, 3.63) is 62.2 Å². The van der Waals surface area contributed by atoms with Gasteiger partial charge < -0.3 is 20.3 Å². The molecule has 0 bridgehead atoms. The number of hydrogen-bond acceptors (Lipinski definition) is 9. The summed E-state index contributed by atoms with van der Waals surface area (Å²) < 4.78 is 28.4. The quantitative estimate of drug-likeness (QED) is 0.588. The van der Waals surface area contributed by atoms with Crippen molar-refractivity contribution in [1.82, 2.24) is 15.2 Å². The highest BCUT2D eigenvalue weighted by atomic mass is 35.5. The number of rotatable bonds is 6. The van der Waals surface area contributed by atoms with Crippen molar-refractivity contribution in [2.24, 2.45) is 4.99 Å². The van der Waals surface area contributed by atoms with E-state index in [1.165, 1.54) is 42.7 Å². The van der Waals surface area contributed by atoms with Crippen LogP contribution in [0.2, 0.25) is 5.02 Å². The maximum Gasteiger partial charge on any atom is 0.321 e. The second kappa shape index (κ2) is 9.33. The predicted molar refractivity (Wildman–Crippen MR) is 120 cm³/mol. The number of likely N-dealkylation sites (tertiary alicyclic amines) is 1. The van der Waals surface area contributed by atoms with E-state index in [1.807, 2.05) is 6.07 Å². The third-order valence-corrected chi connectivity index (χ3v) is 6.97. The molecule has 2 aliphatic heterocycles. The minimum absolute atomic E-state index is 0.0559. The van der Waals surface area contributed by atoms with Crippen LogP contribution in [0, 0.1) is 11.3 Å². The fourth-order valence-corrected chi connectivity index (χ4v) is 5.13. The molecule has 3 atom stereocenters. The van der Waals surface area contributed by atoms with Gasteiger partial charge in [-0.15, -0.1) is 11.3 Å². The Morgan fingerprint density at radius 3 is 2.77 bits per heavy atom. The fraction of sp³-hybridized carbons (Fsp3) is 0.318. The number of aromatic nitrogens is 1. The molecule has 2 aliphatic rings. The van der Waals surface area contributed by atoms with Crippen LogP contribution in [0.4, 0.5) is 8.78 Å². The minimum Gasteiger partial charge on any atom is -0.545 e. The lowest BCUT2D eigenvalue weighted by Crippen LogP contribution is -2.49. The Morgan fingerprint density at radius 1 is 1.46 bits per heavy atom. The first kappa shape index (κ1) is 24.7. The topological polar surface area (TPSA) is 142 Å². The van der Waals surface area contributed by atoms with Gasteiger partial charge in [0, 0.05) is 40.3 Å². The van der Waals surface area contributed by atoms with Crippen molar-refractivity contribution in [3.63, 3.8) is 0 Å². The molecule has 13 heteroatoms. The van der Waals surface area contributed by atoms with E-state index in [4.69, 9.17) is 16.9 Å². The van der Waals surface area contributed by atoms with E-state index in [9.17, 15) is 28.6 Å². The number of hydrogen-bond donors (Lipinski definition) is 2. The second-order valence-electron chi connectivity index (χ2n) is 8.07. The van der Waals surface area contributed by atoms with Crippen LogP contribution in [0.15, 0.2) is 46.0 Å². The zero-order valence-corrected chi connectivity index (χ0v) is 19.6. The van der Waals surface area contributed by atoms with Gasteiger partial charge in [-0.2, -0.15) is 5.26 Å².